The van der Waals surface area contributed by atoms with Crippen molar-refractivity contribution < 1.29 is 9.21 Å². The Labute approximate surface area is 117 Å². The minimum atomic E-state index is 0.00532. The summed E-state index contributed by atoms with van der Waals surface area (Å²) < 4.78 is 5.42. The monoisotopic (exact) mass is 270 g/mol. The van der Waals surface area contributed by atoms with Crippen molar-refractivity contribution in [1.29, 1.82) is 0 Å². The van der Waals surface area contributed by atoms with E-state index in [2.05, 4.69) is 10.6 Å². The lowest BCUT2D eigenvalue weighted by molar-refractivity contribution is 0.0931. The number of carbonyl (C=O) groups is 1. The maximum absolute atomic E-state index is 12.4. The fraction of sp³-hybridized carbons (Fsp3) is 0.438. The molecule has 4 heteroatoms. The van der Waals surface area contributed by atoms with Gasteiger partial charge in [0.2, 0.25) is 0 Å². The molecule has 3 heterocycles. The van der Waals surface area contributed by atoms with Crippen LogP contribution in [-0.4, -0.2) is 24.0 Å². The molecule has 0 unspecified atom stereocenters. The van der Waals surface area contributed by atoms with Crippen LogP contribution in [-0.2, 0) is 0 Å². The van der Waals surface area contributed by atoms with Crippen molar-refractivity contribution in [3.63, 3.8) is 0 Å². The molecule has 0 aliphatic carbocycles. The predicted octanol–water partition coefficient (Wildman–Crippen LogP) is 2.36. The maximum Gasteiger partial charge on any atom is 0.251 e. The van der Waals surface area contributed by atoms with Gasteiger partial charge in [0.15, 0.2) is 0 Å². The number of fused-ring (bicyclic) bond motifs is 3. The summed E-state index contributed by atoms with van der Waals surface area (Å²) in [6.07, 6.45) is 5.14. The summed E-state index contributed by atoms with van der Waals surface area (Å²) in [7, 11) is 0. The van der Waals surface area contributed by atoms with Crippen molar-refractivity contribution in [2.45, 2.75) is 44.3 Å². The molecule has 2 fully saturated rings. The lowest BCUT2D eigenvalue weighted by Crippen LogP contribution is -2.42. The molecule has 1 aromatic carbocycles. The van der Waals surface area contributed by atoms with Gasteiger partial charge in [-0.2, -0.15) is 0 Å². The van der Waals surface area contributed by atoms with Crippen LogP contribution in [0.25, 0.3) is 11.0 Å². The Morgan fingerprint density at radius 2 is 2.30 bits per heavy atom. The largest absolute Gasteiger partial charge is 0.464 e. The summed E-state index contributed by atoms with van der Waals surface area (Å²) in [6, 6.07) is 7.03. The number of furan rings is 1. The zero-order valence-corrected chi connectivity index (χ0v) is 11.5. The van der Waals surface area contributed by atoms with Gasteiger partial charge in [-0.05, 0) is 49.9 Å². The molecule has 4 nitrogen and oxygen atoms in total. The Hall–Kier alpha value is -1.81. The van der Waals surface area contributed by atoms with Gasteiger partial charge in [-0.3, -0.25) is 4.79 Å². The molecule has 2 aliphatic heterocycles. The highest BCUT2D eigenvalue weighted by Crippen LogP contribution is 2.28. The molecule has 2 aromatic rings. The van der Waals surface area contributed by atoms with Crippen molar-refractivity contribution in [1.82, 2.24) is 10.6 Å². The molecule has 2 aliphatic rings. The van der Waals surface area contributed by atoms with E-state index >= 15 is 0 Å². The van der Waals surface area contributed by atoms with E-state index in [0.717, 1.165) is 23.0 Å². The molecule has 0 radical (unpaired) electrons. The summed E-state index contributed by atoms with van der Waals surface area (Å²) in [5, 5.41) is 7.78. The van der Waals surface area contributed by atoms with E-state index in [1.165, 1.54) is 12.8 Å². The minimum Gasteiger partial charge on any atom is -0.464 e. The van der Waals surface area contributed by atoms with Crippen LogP contribution in [0, 0.1) is 6.92 Å². The van der Waals surface area contributed by atoms with Crippen molar-refractivity contribution in [2.75, 3.05) is 0 Å². The molecule has 1 amide bonds. The van der Waals surface area contributed by atoms with Crippen LogP contribution in [0.3, 0.4) is 0 Å². The molecular formula is C16H18N2O2. The molecule has 2 bridgehead atoms. The average molecular weight is 270 g/mol. The number of hydrogen-bond acceptors (Lipinski definition) is 3. The van der Waals surface area contributed by atoms with Crippen LogP contribution in [0.2, 0.25) is 0 Å². The van der Waals surface area contributed by atoms with E-state index in [4.69, 9.17) is 4.42 Å². The lowest BCUT2D eigenvalue weighted by atomic mass is 9.95. The first kappa shape index (κ1) is 12.0. The van der Waals surface area contributed by atoms with E-state index in [-0.39, 0.29) is 11.9 Å². The number of rotatable bonds is 2. The van der Waals surface area contributed by atoms with Crippen LogP contribution in [0.5, 0.6) is 0 Å². The van der Waals surface area contributed by atoms with Crippen LogP contribution < -0.4 is 10.6 Å². The highest BCUT2D eigenvalue weighted by molar-refractivity contribution is 5.98. The van der Waals surface area contributed by atoms with E-state index < -0.39 is 0 Å². The quantitative estimate of drug-likeness (QED) is 0.881. The van der Waals surface area contributed by atoms with Gasteiger partial charge >= 0.3 is 0 Å². The van der Waals surface area contributed by atoms with Crippen LogP contribution in [0.1, 0.15) is 35.2 Å². The summed E-state index contributed by atoms with van der Waals surface area (Å²) in [5.41, 5.74) is 2.54. The Bertz CT molecular complexity index is 676. The predicted molar refractivity (Wildman–Crippen MR) is 76.8 cm³/mol. The molecule has 4 rings (SSSR count). The van der Waals surface area contributed by atoms with Crippen LogP contribution in [0.4, 0.5) is 0 Å². The molecule has 2 saturated heterocycles. The number of amides is 1. The third-order valence-corrected chi connectivity index (χ3v) is 4.66. The normalized spacial score (nSPS) is 28.1. The van der Waals surface area contributed by atoms with E-state index in [0.29, 0.717) is 17.6 Å². The van der Waals surface area contributed by atoms with Gasteiger partial charge in [0, 0.05) is 29.1 Å². The van der Waals surface area contributed by atoms with Crippen molar-refractivity contribution in [2.24, 2.45) is 0 Å². The number of hydrogen-bond donors (Lipinski definition) is 2. The molecule has 104 valence electrons. The average Bonchev–Trinajstić information content (AvgIpc) is 3.13. The topological polar surface area (TPSA) is 54.3 Å². The standard InChI is InChI=1S/C16H18N2O2/c1-9-6-10(7-15-12(9)4-5-20-15)16(19)18-14-8-11-2-3-13(14)17-11/h4-7,11,13-14,17H,2-3,8H2,1H3,(H,18,19)/t11-,13+,14-/m1/s1. The molecule has 2 N–H and O–H groups in total. The fourth-order valence-corrected chi connectivity index (χ4v) is 3.62. The molecule has 0 saturated carbocycles. The molecule has 0 spiro atoms. The third-order valence-electron chi connectivity index (χ3n) is 4.66. The summed E-state index contributed by atoms with van der Waals surface area (Å²) in [4.78, 5) is 12.4. The first-order valence-electron chi connectivity index (χ1n) is 7.25. The zero-order valence-electron chi connectivity index (χ0n) is 11.5. The Morgan fingerprint density at radius 3 is 3.05 bits per heavy atom. The molecule has 20 heavy (non-hydrogen) atoms. The van der Waals surface area contributed by atoms with Gasteiger partial charge in [0.05, 0.1) is 6.26 Å². The second-order valence-electron chi connectivity index (χ2n) is 5.99. The molecule has 1 aromatic heterocycles. The molecule has 3 atom stereocenters. The summed E-state index contributed by atoms with van der Waals surface area (Å²) in [6.45, 7) is 2.01. The number of aryl methyl sites for hydroxylation is 1. The van der Waals surface area contributed by atoms with Gasteiger partial charge in [0.25, 0.3) is 5.91 Å². The SMILES string of the molecule is Cc1cc(C(=O)N[C@@H]2C[C@H]3CC[C@@H]2N3)cc2occc12. The zero-order chi connectivity index (χ0) is 13.7. The Morgan fingerprint density at radius 1 is 1.40 bits per heavy atom. The number of nitrogens with one attached hydrogen (secondary N) is 2. The summed E-state index contributed by atoms with van der Waals surface area (Å²) in [5.74, 6) is 0.00532. The van der Waals surface area contributed by atoms with Gasteiger partial charge < -0.3 is 15.1 Å². The maximum atomic E-state index is 12.4. The molecular weight excluding hydrogens is 252 g/mol. The van der Waals surface area contributed by atoms with E-state index in [1.807, 2.05) is 25.1 Å². The minimum absolute atomic E-state index is 0.00532. The van der Waals surface area contributed by atoms with Crippen molar-refractivity contribution >= 4 is 16.9 Å². The van der Waals surface area contributed by atoms with Crippen LogP contribution in [0.15, 0.2) is 28.9 Å². The van der Waals surface area contributed by atoms with Crippen LogP contribution >= 0.6 is 0 Å². The first-order valence-corrected chi connectivity index (χ1v) is 7.25. The number of carbonyl (C=O) groups excluding carboxylic acids is 1. The highest BCUT2D eigenvalue weighted by Gasteiger charge is 2.39. The third kappa shape index (κ3) is 1.83. The summed E-state index contributed by atoms with van der Waals surface area (Å²) >= 11 is 0. The second kappa shape index (κ2) is 4.35. The van der Waals surface area contributed by atoms with Gasteiger partial charge in [0.1, 0.15) is 5.58 Å². The highest BCUT2D eigenvalue weighted by atomic mass is 16.3. The smallest absolute Gasteiger partial charge is 0.251 e. The van der Waals surface area contributed by atoms with Gasteiger partial charge in [-0.1, -0.05) is 0 Å². The number of benzene rings is 1. The fourth-order valence-electron chi connectivity index (χ4n) is 3.62. The Balaban J connectivity index is 1.57. The lowest BCUT2D eigenvalue weighted by Gasteiger charge is -2.21. The van der Waals surface area contributed by atoms with Crippen molar-refractivity contribution in [3.8, 4) is 0 Å². The Kier molecular flexibility index (Phi) is 2.60. The van der Waals surface area contributed by atoms with Crippen molar-refractivity contribution in [3.05, 3.63) is 35.6 Å². The van der Waals surface area contributed by atoms with E-state index in [1.54, 1.807) is 6.26 Å². The van der Waals surface area contributed by atoms with Gasteiger partial charge in [-0.25, -0.2) is 0 Å². The second-order valence-corrected chi connectivity index (χ2v) is 5.99. The van der Waals surface area contributed by atoms with Gasteiger partial charge in [-0.15, -0.1) is 0 Å². The van der Waals surface area contributed by atoms with E-state index in [9.17, 15) is 4.79 Å². The first-order chi connectivity index (χ1) is 9.70.